The minimum absolute atomic E-state index is 0.0488. The predicted octanol–water partition coefficient (Wildman–Crippen LogP) is 0.0848. The van der Waals surface area contributed by atoms with E-state index in [1.54, 1.807) is 25.3 Å². The molecule has 2 aromatic heterocycles. The smallest absolute Gasteiger partial charge is 0.245 e. The number of carbonyl (C=O) groups excluding carboxylic acids is 9. The summed E-state index contributed by atoms with van der Waals surface area (Å²) in [6, 6.07) is 4.08. The third-order valence-corrected chi connectivity index (χ3v) is 14.1. The maximum absolute atomic E-state index is 14.9. The van der Waals surface area contributed by atoms with Crippen molar-refractivity contribution in [3.05, 3.63) is 84.1 Å². The summed E-state index contributed by atoms with van der Waals surface area (Å²) < 4.78 is 0. The molecule has 2 aliphatic heterocycles. The van der Waals surface area contributed by atoms with Gasteiger partial charge in [0, 0.05) is 74.3 Å². The minimum atomic E-state index is -1.41. The topological polar surface area (TPSA) is 382 Å². The molecule has 8 unspecified atom stereocenters. The summed E-state index contributed by atoms with van der Waals surface area (Å²) in [5.41, 5.74) is 13.5. The molecule has 0 spiro atoms. The van der Waals surface area contributed by atoms with E-state index >= 15 is 0 Å². The van der Waals surface area contributed by atoms with Crippen LogP contribution in [0.3, 0.4) is 0 Å². The third-order valence-electron chi connectivity index (χ3n) is 14.1. The van der Waals surface area contributed by atoms with Crippen LogP contribution in [0.15, 0.2) is 72.2 Å². The number of rotatable bonds is 29. The number of nitrogens with one attached hydrogen (secondary N) is 10. The fourth-order valence-electron chi connectivity index (χ4n) is 10.0. The van der Waals surface area contributed by atoms with E-state index in [1.807, 2.05) is 52.0 Å². The maximum Gasteiger partial charge on any atom is 0.245 e. The molecule has 0 saturated carbocycles. The van der Waals surface area contributed by atoms with Crippen molar-refractivity contribution in [3.8, 4) is 5.75 Å². The number of nitrogens with zero attached hydrogens (tertiary/aromatic N) is 3. The Labute approximate surface area is 470 Å². The highest BCUT2D eigenvalue weighted by atomic mass is 16.3. The van der Waals surface area contributed by atoms with Crippen molar-refractivity contribution >= 4 is 70.0 Å². The van der Waals surface area contributed by atoms with Crippen LogP contribution in [-0.2, 0) is 62.4 Å². The molecule has 81 heavy (non-hydrogen) atoms. The van der Waals surface area contributed by atoms with E-state index in [1.165, 1.54) is 29.6 Å². The van der Waals surface area contributed by atoms with Gasteiger partial charge in [-0.15, -0.1) is 0 Å². The maximum atomic E-state index is 14.9. The Morgan fingerprint density at radius 1 is 0.728 bits per heavy atom. The van der Waals surface area contributed by atoms with E-state index in [9.17, 15) is 48.3 Å². The van der Waals surface area contributed by atoms with Gasteiger partial charge in [-0.3, -0.25) is 48.1 Å². The molecular weight excluding hydrogens is 1040 g/mol. The van der Waals surface area contributed by atoms with Gasteiger partial charge < -0.3 is 74.0 Å². The van der Waals surface area contributed by atoms with Gasteiger partial charge >= 0.3 is 0 Å². The number of aromatic nitrogens is 3. The van der Waals surface area contributed by atoms with Crippen LogP contribution in [-0.4, -0.2) is 152 Å². The van der Waals surface area contributed by atoms with Gasteiger partial charge in [0.15, 0.2) is 5.96 Å². The first kappa shape index (κ1) is 61.7. The monoisotopic (exact) mass is 1120 g/mol. The van der Waals surface area contributed by atoms with Crippen molar-refractivity contribution in [3.63, 3.8) is 0 Å². The van der Waals surface area contributed by atoms with E-state index in [0.717, 1.165) is 10.9 Å². The lowest BCUT2D eigenvalue weighted by atomic mass is 9.98. The molecule has 2 saturated heterocycles. The number of guanidine groups is 1. The number of likely N-dealkylation sites (N-methyl/N-ethyl adjacent to an activating group) is 1. The molecule has 25 heteroatoms. The predicted molar refractivity (Wildman–Crippen MR) is 301 cm³/mol. The molecule has 0 radical (unpaired) electrons. The molecule has 2 aliphatic rings. The van der Waals surface area contributed by atoms with Crippen LogP contribution in [0.5, 0.6) is 5.75 Å². The minimum Gasteiger partial charge on any atom is -0.508 e. The summed E-state index contributed by atoms with van der Waals surface area (Å²) in [5, 5.41) is 33.2. The van der Waals surface area contributed by atoms with E-state index < -0.39 is 89.7 Å². The molecule has 438 valence electrons. The average molecular weight is 1120 g/mol. The Bertz CT molecular complexity index is 2850. The Balaban J connectivity index is 1.26. The molecule has 25 nitrogen and oxygen atoms in total. The zero-order valence-electron chi connectivity index (χ0n) is 46.6. The lowest BCUT2D eigenvalue weighted by Crippen LogP contribution is -2.61. The van der Waals surface area contributed by atoms with E-state index in [-0.39, 0.29) is 93.3 Å². The molecular formula is C56H79N15O10. The Hall–Kier alpha value is -8.51. The second kappa shape index (κ2) is 29.6. The molecule has 0 aliphatic carbocycles. The standard InChI is InChI=1S/C56H79N15O10/c1-6-60-54(80)46-14-10-22-71(46)55(81)40(13-9-21-61-56(57)58)65-49(75)41(23-31(2)3)66-50(76)42(24-32(4)5)67-51(77)43(25-33-15-17-36(72)18-16-33)68-52(78)44(26-34-28-62-38-12-8-7-11-37(34)38)69-53(79)45(27-35-29-59-30-63-35)70-48(74)39-19-20-47(73)64-39/h7-8,11-12,15-18,28-32,39-46,62,72H,6,9-10,13-14,19-27H2,1-5H3,(H,59,63)(H,60,80)(H,64,73)(H,65,75)(H,66,76)(H,67,77)(H,68,78)(H,69,79)(H,70,74)(H4,57,58,61). The summed E-state index contributed by atoms with van der Waals surface area (Å²) in [6.07, 6.45) is 6.30. The van der Waals surface area contributed by atoms with Crippen molar-refractivity contribution in [2.24, 2.45) is 28.3 Å². The molecule has 4 heterocycles. The number of likely N-dealkylation sites (tertiary alicyclic amines) is 1. The molecule has 6 rings (SSSR count). The highest BCUT2D eigenvalue weighted by Crippen LogP contribution is 2.22. The summed E-state index contributed by atoms with van der Waals surface area (Å²) in [4.78, 5) is 142. The van der Waals surface area contributed by atoms with Crippen LogP contribution < -0.4 is 54.0 Å². The number of nitrogens with two attached hydrogens (primary N) is 2. The highest BCUT2D eigenvalue weighted by Gasteiger charge is 2.40. The molecule has 15 N–H and O–H groups in total. The lowest BCUT2D eigenvalue weighted by Gasteiger charge is -2.31. The van der Waals surface area contributed by atoms with Crippen molar-refractivity contribution in [1.82, 2.24) is 62.4 Å². The number of carbonyl (C=O) groups is 9. The lowest BCUT2D eigenvalue weighted by molar-refractivity contribution is -0.142. The first-order valence-corrected chi connectivity index (χ1v) is 27.7. The number of H-pyrrole nitrogens is 2. The van der Waals surface area contributed by atoms with Crippen LogP contribution in [0.4, 0.5) is 0 Å². The Morgan fingerprint density at radius 2 is 1.32 bits per heavy atom. The van der Waals surface area contributed by atoms with E-state index in [4.69, 9.17) is 11.5 Å². The molecule has 9 amide bonds. The molecule has 8 atom stereocenters. The summed E-state index contributed by atoms with van der Waals surface area (Å²) in [5.74, 6) is -5.93. The normalized spacial score (nSPS) is 17.2. The van der Waals surface area contributed by atoms with Gasteiger partial charge in [0.25, 0.3) is 0 Å². The van der Waals surface area contributed by atoms with Crippen LogP contribution >= 0.6 is 0 Å². The van der Waals surface area contributed by atoms with Crippen molar-refractivity contribution < 1.29 is 48.3 Å². The van der Waals surface area contributed by atoms with Gasteiger partial charge in [-0.25, -0.2) is 4.98 Å². The zero-order valence-corrected chi connectivity index (χ0v) is 46.6. The quantitative estimate of drug-likeness (QED) is 0.0195. The van der Waals surface area contributed by atoms with Crippen LogP contribution in [0, 0.1) is 11.8 Å². The SMILES string of the molecule is CCNC(=O)C1CCCN1C(=O)C(CCCN=C(N)N)NC(=O)C(CC(C)C)NC(=O)C(CC(C)C)NC(=O)C(Cc1ccc(O)cc1)NC(=O)C(Cc1c[nH]c2ccccc12)NC(=O)C(Cc1cnc[nH]1)NC(=O)C1CCC(=O)N1. The number of aromatic hydroxyl groups is 1. The summed E-state index contributed by atoms with van der Waals surface area (Å²) >= 11 is 0. The first-order valence-electron chi connectivity index (χ1n) is 27.7. The fraction of sp³-hybridized carbons (Fsp3) is 0.518. The van der Waals surface area contributed by atoms with Gasteiger partial charge in [-0.05, 0) is 93.0 Å². The van der Waals surface area contributed by atoms with Crippen LogP contribution in [0.25, 0.3) is 10.9 Å². The average Bonchev–Trinajstić information content (AvgIpc) is 4.30. The molecule has 2 fully saturated rings. The van der Waals surface area contributed by atoms with Gasteiger partial charge in [-0.1, -0.05) is 58.0 Å². The third kappa shape index (κ3) is 18.3. The van der Waals surface area contributed by atoms with Gasteiger partial charge in [0.05, 0.1) is 6.33 Å². The van der Waals surface area contributed by atoms with Crippen LogP contribution in [0.2, 0.25) is 0 Å². The largest absolute Gasteiger partial charge is 0.508 e. The van der Waals surface area contributed by atoms with Gasteiger partial charge in [-0.2, -0.15) is 0 Å². The van der Waals surface area contributed by atoms with E-state index in [2.05, 4.69) is 62.5 Å². The van der Waals surface area contributed by atoms with Crippen molar-refractivity contribution in [1.29, 1.82) is 0 Å². The van der Waals surface area contributed by atoms with Crippen molar-refractivity contribution in [2.45, 2.75) is 154 Å². The number of hydrogen-bond donors (Lipinski definition) is 13. The number of aliphatic imine (C=N–C) groups is 1. The highest BCUT2D eigenvalue weighted by molar-refractivity contribution is 5.99. The number of benzene rings is 2. The summed E-state index contributed by atoms with van der Waals surface area (Å²) in [7, 11) is 0. The number of aromatic amines is 2. The van der Waals surface area contributed by atoms with Crippen LogP contribution in [0.1, 0.15) is 103 Å². The molecule has 4 aromatic rings. The number of amides is 9. The van der Waals surface area contributed by atoms with E-state index in [0.29, 0.717) is 49.2 Å². The zero-order chi connectivity index (χ0) is 58.8. The molecule has 2 aromatic carbocycles. The second-order valence-corrected chi connectivity index (χ2v) is 21.5. The number of imidazole rings is 1. The number of hydrogen-bond acceptors (Lipinski definition) is 12. The number of phenols is 1. The Morgan fingerprint density at radius 3 is 1.90 bits per heavy atom. The van der Waals surface area contributed by atoms with Gasteiger partial charge in [0.1, 0.15) is 54.1 Å². The fourth-order valence-corrected chi connectivity index (χ4v) is 10.0. The summed E-state index contributed by atoms with van der Waals surface area (Å²) in [6.45, 7) is 10.0. The van der Waals surface area contributed by atoms with Gasteiger partial charge in [0.2, 0.25) is 53.2 Å². The Kier molecular flexibility index (Phi) is 22.6. The molecule has 0 bridgehead atoms. The number of phenolic OH excluding ortho intramolecular Hbond substituents is 1. The number of para-hydroxylation sites is 1. The first-order chi connectivity index (χ1) is 38.7. The number of fused-ring (bicyclic) bond motifs is 1. The van der Waals surface area contributed by atoms with Crippen molar-refractivity contribution in [2.75, 3.05) is 19.6 Å². The second-order valence-electron chi connectivity index (χ2n) is 21.5.